The van der Waals surface area contributed by atoms with Crippen molar-refractivity contribution < 1.29 is 107 Å². The van der Waals surface area contributed by atoms with E-state index in [2.05, 4.69) is 5.32 Å². The van der Waals surface area contributed by atoms with Gasteiger partial charge in [0.1, 0.15) is 0 Å². The van der Waals surface area contributed by atoms with Gasteiger partial charge in [-0.25, -0.2) is 0 Å². The zero-order valence-corrected chi connectivity index (χ0v) is 24.2. The minimum atomic E-state index is -9.25. The Morgan fingerprint density at radius 3 is 1.31 bits per heavy atom. The lowest BCUT2D eigenvalue weighted by molar-refractivity contribution is -0.474. The quantitative estimate of drug-likeness (QED) is 0.107. The normalized spacial score (nSPS) is 15.9. The van der Waals surface area contributed by atoms with Crippen molar-refractivity contribution in [3.05, 3.63) is 0 Å². The van der Waals surface area contributed by atoms with Gasteiger partial charge >= 0.3 is 65.4 Å². The third-order valence-electron chi connectivity index (χ3n) is 6.04. The zero-order valence-electron chi connectivity index (χ0n) is 23.4. The van der Waals surface area contributed by atoms with E-state index in [0.717, 1.165) is 0 Å². The van der Waals surface area contributed by atoms with Crippen LogP contribution >= 0.6 is 11.8 Å². The van der Waals surface area contributed by atoms with Crippen LogP contribution in [0.1, 0.15) is 19.3 Å². The minimum Gasteiger partial charge on any atom is -0.481 e. The van der Waals surface area contributed by atoms with Crippen LogP contribution in [0.5, 0.6) is 0 Å². The molecule has 1 amide bonds. The molecule has 0 aromatic rings. The summed E-state index contributed by atoms with van der Waals surface area (Å²) in [4.78, 5) is 24.6. The van der Waals surface area contributed by atoms with Crippen LogP contribution in [0.3, 0.4) is 0 Å². The van der Waals surface area contributed by atoms with Crippen LogP contribution in [0.4, 0.5) is 92.2 Å². The first-order valence-electron chi connectivity index (χ1n) is 12.1. The van der Waals surface area contributed by atoms with Crippen LogP contribution in [-0.2, 0) is 9.59 Å². The molecule has 0 radical (unpaired) electrons. The number of alkyl halides is 21. The van der Waals surface area contributed by atoms with E-state index in [4.69, 9.17) is 5.11 Å². The molecule has 0 heterocycles. The molecule has 0 aliphatic heterocycles. The van der Waals surface area contributed by atoms with Gasteiger partial charge in [-0.2, -0.15) is 92.2 Å². The largest absolute Gasteiger partial charge is 0.481 e. The summed E-state index contributed by atoms with van der Waals surface area (Å²) in [5.41, 5.74) is 0. The number of nitrogens with zero attached hydrogens (tertiary/aromatic N) is 1. The molecule has 0 fully saturated rings. The van der Waals surface area contributed by atoms with Crippen molar-refractivity contribution in [3.8, 4) is 0 Å². The average molecular weight is 780 g/mol. The maximum Gasteiger partial charge on any atom is 0.460 e. The van der Waals surface area contributed by atoms with Crippen molar-refractivity contribution in [1.29, 1.82) is 0 Å². The molecule has 0 rings (SSSR count). The summed E-state index contributed by atoms with van der Waals surface area (Å²) in [5.74, 6) is -82.8. The van der Waals surface area contributed by atoms with Crippen LogP contribution in [0.25, 0.3) is 0 Å². The molecule has 0 aromatic heterocycles. The van der Waals surface area contributed by atoms with Crippen LogP contribution in [0.15, 0.2) is 0 Å². The van der Waals surface area contributed by atoms with E-state index in [9.17, 15) is 102 Å². The van der Waals surface area contributed by atoms with Gasteiger partial charge in [0.2, 0.25) is 5.91 Å². The van der Waals surface area contributed by atoms with E-state index in [1.54, 1.807) is 19.0 Å². The molecule has 286 valence electrons. The highest BCUT2D eigenvalue weighted by Crippen LogP contribution is 2.66. The third-order valence-corrected chi connectivity index (χ3v) is 7.27. The molecule has 0 saturated heterocycles. The number of hydrogen-bond acceptors (Lipinski definition) is 4. The number of halogens is 21. The standard InChI is InChI=1S/C21H21F21N2O3S/c1-44(2)6-3-5-43-11(47)9(8-10(45)46)48-7-4-12(22,23)13(24,25)14(26,27)15(28,29)16(30,31)17(32,33)18(34,35)19(36,37)20(38,39)21(40,41)42/h9H,3-8H2,1-2H3,(H,43,47)(H,45,46). The second-order valence-corrected chi connectivity index (χ2v) is 11.3. The first kappa shape index (κ1) is 45.8. The molecule has 0 saturated carbocycles. The van der Waals surface area contributed by atoms with Crippen molar-refractivity contribution in [2.75, 3.05) is 32.9 Å². The Kier molecular flexibility index (Phi) is 13.5. The fraction of sp³-hybridized carbons (Fsp3) is 0.905. The van der Waals surface area contributed by atoms with Crippen LogP contribution in [-0.4, -0.2) is 120 Å². The number of amides is 1. The average Bonchev–Trinajstić information content (AvgIpc) is 2.88. The maximum absolute atomic E-state index is 14.1. The molecule has 1 atom stereocenters. The number of rotatable bonds is 19. The van der Waals surface area contributed by atoms with Crippen molar-refractivity contribution in [2.45, 2.75) is 84.0 Å². The molecule has 0 bridgehead atoms. The van der Waals surface area contributed by atoms with Gasteiger partial charge in [-0.15, -0.1) is 11.8 Å². The fourth-order valence-electron chi connectivity index (χ4n) is 3.18. The van der Waals surface area contributed by atoms with Crippen molar-refractivity contribution in [2.24, 2.45) is 0 Å². The topological polar surface area (TPSA) is 69.6 Å². The summed E-state index contributed by atoms with van der Waals surface area (Å²) in [7, 11) is 3.14. The van der Waals surface area contributed by atoms with Gasteiger partial charge in [0.25, 0.3) is 0 Å². The molecule has 0 spiro atoms. The van der Waals surface area contributed by atoms with Gasteiger partial charge in [0, 0.05) is 18.7 Å². The number of nitrogens with one attached hydrogen (secondary N) is 1. The molecule has 0 aliphatic rings. The summed E-state index contributed by atoms with van der Waals surface area (Å²) >= 11 is -0.359. The monoisotopic (exact) mass is 780 g/mol. The number of hydrogen-bond donors (Lipinski definition) is 2. The Labute approximate surface area is 258 Å². The smallest absolute Gasteiger partial charge is 0.460 e. The second kappa shape index (κ2) is 14.2. The first-order chi connectivity index (χ1) is 20.9. The molecule has 0 aliphatic carbocycles. The Morgan fingerprint density at radius 2 is 0.979 bits per heavy atom. The SMILES string of the molecule is CN(C)CCCNC(=O)C(CC(=O)O)SCCC(F)(F)C(F)(F)C(F)(F)C(F)(F)C(F)(F)C(F)(F)C(F)(F)C(F)(F)C(F)(F)C(F)(F)F. The predicted molar refractivity (Wildman–Crippen MR) is 120 cm³/mol. The number of carbonyl (C=O) groups is 2. The number of carbonyl (C=O) groups excluding carboxylic acids is 1. The summed E-state index contributed by atoms with van der Waals surface area (Å²) in [6.07, 6.45) is -12.1. The Morgan fingerprint density at radius 1 is 0.625 bits per heavy atom. The van der Waals surface area contributed by atoms with Crippen molar-refractivity contribution in [1.82, 2.24) is 10.2 Å². The maximum atomic E-state index is 14.1. The molecular formula is C21H21F21N2O3S. The zero-order chi connectivity index (χ0) is 39.0. The van der Waals surface area contributed by atoms with Crippen LogP contribution in [0.2, 0.25) is 0 Å². The summed E-state index contributed by atoms with van der Waals surface area (Å²) in [6.45, 7) is 0.0865. The van der Waals surface area contributed by atoms with Gasteiger partial charge in [-0.1, -0.05) is 0 Å². The van der Waals surface area contributed by atoms with E-state index in [1.807, 2.05) is 0 Å². The molecular weight excluding hydrogens is 759 g/mol. The van der Waals surface area contributed by atoms with E-state index in [-0.39, 0.29) is 24.7 Å². The van der Waals surface area contributed by atoms with Crippen LogP contribution < -0.4 is 5.32 Å². The van der Waals surface area contributed by atoms with E-state index in [0.29, 0.717) is 6.54 Å². The van der Waals surface area contributed by atoms with Gasteiger partial charge in [0.05, 0.1) is 11.7 Å². The Hall–Kier alpha value is -2.22. The first-order valence-corrected chi connectivity index (χ1v) is 13.1. The van der Waals surface area contributed by atoms with Crippen molar-refractivity contribution >= 4 is 23.6 Å². The van der Waals surface area contributed by atoms with E-state index >= 15 is 0 Å². The van der Waals surface area contributed by atoms with Gasteiger partial charge in [-0.3, -0.25) is 9.59 Å². The lowest BCUT2D eigenvalue weighted by Gasteiger charge is -2.44. The molecule has 5 nitrogen and oxygen atoms in total. The van der Waals surface area contributed by atoms with E-state index in [1.165, 1.54) is 0 Å². The molecule has 2 N–H and O–H groups in total. The Balaban J connectivity index is 6.45. The highest BCUT2D eigenvalue weighted by atomic mass is 32.2. The predicted octanol–water partition coefficient (Wildman–Crippen LogP) is 7.30. The highest BCUT2D eigenvalue weighted by molar-refractivity contribution is 8.00. The lowest BCUT2D eigenvalue weighted by atomic mass is 9.86. The van der Waals surface area contributed by atoms with Crippen molar-refractivity contribution in [3.63, 3.8) is 0 Å². The fourth-order valence-corrected chi connectivity index (χ4v) is 4.34. The third kappa shape index (κ3) is 7.89. The summed E-state index contributed by atoms with van der Waals surface area (Å²) < 4.78 is 283. The summed E-state index contributed by atoms with van der Waals surface area (Å²) in [5, 5.41) is 8.85. The van der Waals surface area contributed by atoms with Gasteiger partial charge < -0.3 is 15.3 Å². The lowest BCUT2D eigenvalue weighted by Crippen LogP contribution is -2.76. The van der Waals surface area contributed by atoms with Gasteiger partial charge in [-0.05, 0) is 27.1 Å². The molecule has 48 heavy (non-hydrogen) atoms. The Bertz CT molecular complexity index is 1130. The number of thioether (sulfide) groups is 1. The number of aliphatic carboxylic acids is 1. The molecule has 27 heteroatoms. The highest BCUT2D eigenvalue weighted by Gasteiger charge is 2.97. The molecule has 1 unspecified atom stereocenters. The van der Waals surface area contributed by atoms with Gasteiger partial charge in [0.15, 0.2) is 0 Å². The number of carboxylic acids is 1. The number of carboxylic acid groups (broad SMARTS) is 1. The summed E-state index contributed by atoms with van der Waals surface area (Å²) in [6, 6.07) is 0. The second-order valence-electron chi connectivity index (χ2n) is 9.95. The minimum absolute atomic E-state index is 0.175. The molecule has 0 aromatic carbocycles. The van der Waals surface area contributed by atoms with E-state index < -0.39 is 95.2 Å². The van der Waals surface area contributed by atoms with Crippen LogP contribution in [0, 0.1) is 0 Å².